The molecule has 2 aromatic rings. The van der Waals surface area contributed by atoms with Gasteiger partial charge < -0.3 is 9.30 Å². The monoisotopic (exact) mass is 243 g/mol. The highest BCUT2D eigenvalue weighted by Crippen LogP contribution is 2.26. The van der Waals surface area contributed by atoms with Crippen molar-refractivity contribution in [1.29, 1.82) is 0 Å². The minimum atomic E-state index is -0.273. The average molecular weight is 243 g/mol. The average Bonchev–Trinajstić information content (AvgIpc) is 2.68. The fourth-order valence-corrected chi connectivity index (χ4v) is 2.01. The van der Waals surface area contributed by atoms with Crippen LogP contribution in [0.5, 0.6) is 0 Å². The van der Waals surface area contributed by atoms with Gasteiger partial charge in [-0.1, -0.05) is 30.3 Å². The topological polar surface area (TPSA) is 31.2 Å². The molecule has 3 heteroatoms. The van der Waals surface area contributed by atoms with Gasteiger partial charge in [0.25, 0.3) is 0 Å². The highest BCUT2D eigenvalue weighted by molar-refractivity contribution is 5.90. The molecule has 1 aromatic carbocycles. The normalized spacial score (nSPS) is 10.4. The van der Waals surface area contributed by atoms with E-state index in [1.165, 1.54) is 0 Å². The van der Waals surface area contributed by atoms with Crippen LogP contribution in [-0.2, 0) is 11.8 Å². The van der Waals surface area contributed by atoms with E-state index in [0.29, 0.717) is 12.3 Å². The lowest BCUT2D eigenvalue weighted by molar-refractivity contribution is 0.0515. The summed E-state index contributed by atoms with van der Waals surface area (Å²) in [5, 5.41) is 0. The Hall–Kier alpha value is -2.03. The van der Waals surface area contributed by atoms with Crippen LogP contribution in [0.25, 0.3) is 11.1 Å². The van der Waals surface area contributed by atoms with Crippen molar-refractivity contribution in [3.63, 3.8) is 0 Å². The van der Waals surface area contributed by atoms with Crippen molar-refractivity contribution >= 4 is 5.97 Å². The molecule has 0 aliphatic rings. The van der Waals surface area contributed by atoms with Crippen LogP contribution < -0.4 is 0 Å². The van der Waals surface area contributed by atoms with Crippen molar-refractivity contribution in [3.8, 4) is 11.1 Å². The van der Waals surface area contributed by atoms with Crippen LogP contribution in [-0.4, -0.2) is 17.1 Å². The van der Waals surface area contributed by atoms with Crippen LogP contribution >= 0.6 is 0 Å². The molecule has 0 aliphatic carbocycles. The second-order valence-electron chi connectivity index (χ2n) is 4.17. The van der Waals surface area contributed by atoms with E-state index in [4.69, 9.17) is 4.74 Å². The Bertz CT molecular complexity index is 555. The first-order valence-corrected chi connectivity index (χ1v) is 6.04. The highest BCUT2D eigenvalue weighted by Gasteiger charge is 2.16. The number of nitrogens with zero attached hydrogens (tertiary/aromatic N) is 1. The summed E-state index contributed by atoms with van der Waals surface area (Å²) in [6.07, 6.45) is 0. The largest absolute Gasteiger partial charge is 0.461 e. The fraction of sp³-hybridized carbons (Fsp3) is 0.267. The smallest absolute Gasteiger partial charge is 0.354 e. The molecule has 0 bridgehead atoms. The van der Waals surface area contributed by atoms with Gasteiger partial charge in [-0.15, -0.1) is 0 Å². The zero-order valence-corrected chi connectivity index (χ0v) is 10.9. The predicted molar refractivity (Wildman–Crippen MR) is 71.5 cm³/mol. The van der Waals surface area contributed by atoms with E-state index in [9.17, 15) is 4.79 Å². The highest BCUT2D eigenvalue weighted by atomic mass is 16.5. The minimum absolute atomic E-state index is 0.273. The molecule has 0 aliphatic heterocycles. The SMILES string of the molecule is CCOC(=O)c1cc(-c2ccccc2)c(C)n1C. The Labute approximate surface area is 107 Å². The van der Waals surface area contributed by atoms with E-state index in [2.05, 4.69) is 0 Å². The summed E-state index contributed by atoms with van der Waals surface area (Å²) in [6.45, 7) is 4.21. The molecule has 1 heterocycles. The number of ether oxygens (including phenoxy) is 1. The lowest BCUT2D eigenvalue weighted by Gasteiger charge is -2.04. The van der Waals surface area contributed by atoms with Crippen molar-refractivity contribution in [3.05, 3.63) is 47.8 Å². The van der Waals surface area contributed by atoms with E-state index in [0.717, 1.165) is 16.8 Å². The summed E-state index contributed by atoms with van der Waals surface area (Å²) in [7, 11) is 1.88. The Kier molecular flexibility index (Phi) is 3.51. The van der Waals surface area contributed by atoms with Crippen molar-refractivity contribution in [2.45, 2.75) is 13.8 Å². The standard InChI is InChI=1S/C15H17NO2/c1-4-18-15(17)14-10-13(11(2)16(14)3)12-8-6-5-7-9-12/h5-10H,4H2,1-3H3. The number of benzene rings is 1. The lowest BCUT2D eigenvalue weighted by atomic mass is 10.1. The summed E-state index contributed by atoms with van der Waals surface area (Å²) >= 11 is 0. The molecule has 0 unspecified atom stereocenters. The van der Waals surface area contributed by atoms with Gasteiger partial charge in [0, 0.05) is 18.3 Å². The maximum absolute atomic E-state index is 11.8. The molecule has 0 N–H and O–H groups in total. The number of carbonyl (C=O) groups excluding carboxylic acids is 1. The minimum Gasteiger partial charge on any atom is -0.461 e. The van der Waals surface area contributed by atoms with Gasteiger partial charge in [0.15, 0.2) is 0 Å². The maximum atomic E-state index is 11.8. The Morgan fingerprint density at radius 1 is 1.28 bits per heavy atom. The Balaban J connectivity index is 2.46. The molecule has 2 rings (SSSR count). The molecule has 18 heavy (non-hydrogen) atoms. The van der Waals surface area contributed by atoms with Crippen molar-refractivity contribution in [1.82, 2.24) is 4.57 Å². The third kappa shape index (κ3) is 2.16. The van der Waals surface area contributed by atoms with Crippen molar-refractivity contribution < 1.29 is 9.53 Å². The van der Waals surface area contributed by atoms with Crippen LogP contribution in [0.2, 0.25) is 0 Å². The molecule has 0 fully saturated rings. The third-order valence-corrected chi connectivity index (χ3v) is 3.10. The van der Waals surface area contributed by atoms with Gasteiger partial charge in [0.05, 0.1) is 6.61 Å². The number of carbonyl (C=O) groups is 1. The van der Waals surface area contributed by atoms with Crippen LogP contribution in [0.1, 0.15) is 23.1 Å². The zero-order chi connectivity index (χ0) is 13.1. The van der Waals surface area contributed by atoms with E-state index in [1.807, 2.05) is 61.9 Å². The Morgan fingerprint density at radius 3 is 2.56 bits per heavy atom. The molecule has 0 amide bonds. The van der Waals surface area contributed by atoms with Crippen molar-refractivity contribution in [2.75, 3.05) is 6.61 Å². The molecule has 0 saturated carbocycles. The number of rotatable bonds is 3. The quantitative estimate of drug-likeness (QED) is 0.775. The van der Waals surface area contributed by atoms with Gasteiger partial charge in [-0.2, -0.15) is 0 Å². The fourth-order valence-electron chi connectivity index (χ4n) is 2.01. The first-order chi connectivity index (χ1) is 8.65. The van der Waals surface area contributed by atoms with Gasteiger partial charge in [-0.25, -0.2) is 4.79 Å². The van der Waals surface area contributed by atoms with Crippen LogP contribution in [0.4, 0.5) is 0 Å². The molecular weight excluding hydrogens is 226 g/mol. The van der Waals surface area contributed by atoms with Crippen LogP contribution in [0.3, 0.4) is 0 Å². The molecular formula is C15H17NO2. The van der Waals surface area contributed by atoms with Crippen molar-refractivity contribution in [2.24, 2.45) is 7.05 Å². The summed E-state index contributed by atoms with van der Waals surface area (Å²) in [5.41, 5.74) is 3.83. The molecule has 0 spiro atoms. The van der Waals surface area contributed by atoms with Gasteiger partial charge in [-0.05, 0) is 25.5 Å². The van der Waals surface area contributed by atoms with E-state index < -0.39 is 0 Å². The van der Waals surface area contributed by atoms with Gasteiger partial charge in [-0.3, -0.25) is 0 Å². The number of esters is 1. The predicted octanol–water partition coefficient (Wildman–Crippen LogP) is 3.18. The summed E-state index contributed by atoms with van der Waals surface area (Å²) < 4.78 is 6.93. The second kappa shape index (κ2) is 5.08. The van der Waals surface area contributed by atoms with Gasteiger partial charge >= 0.3 is 5.97 Å². The molecule has 3 nitrogen and oxygen atoms in total. The number of aromatic nitrogens is 1. The first kappa shape index (κ1) is 12.4. The van der Waals surface area contributed by atoms with E-state index in [-0.39, 0.29) is 5.97 Å². The molecule has 0 radical (unpaired) electrons. The maximum Gasteiger partial charge on any atom is 0.354 e. The molecule has 1 aromatic heterocycles. The van der Waals surface area contributed by atoms with Crippen LogP contribution in [0.15, 0.2) is 36.4 Å². The number of hydrogen-bond acceptors (Lipinski definition) is 2. The zero-order valence-electron chi connectivity index (χ0n) is 10.9. The summed E-state index contributed by atoms with van der Waals surface area (Å²) in [4.78, 5) is 11.8. The van der Waals surface area contributed by atoms with Gasteiger partial charge in [0.1, 0.15) is 5.69 Å². The summed E-state index contributed by atoms with van der Waals surface area (Å²) in [5.74, 6) is -0.273. The first-order valence-electron chi connectivity index (χ1n) is 6.04. The lowest BCUT2D eigenvalue weighted by Crippen LogP contribution is -2.10. The molecule has 94 valence electrons. The van der Waals surface area contributed by atoms with Gasteiger partial charge in [0.2, 0.25) is 0 Å². The summed E-state index contributed by atoms with van der Waals surface area (Å²) in [6, 6.07) is 11.9. The number of hydrogen-bond donors (Lipinski definition) is 0. The second-order valence-corrected chi connectivity index (χ2v) is 4.17. The Morgan fingerprint density at radius 2 is 1.94 bits per heavy atom. The van der Waals surface area contributed by atoms with E-state index >= 15 is 0 Å². The third-order valence-electron chi connectivity index (χ3n) is 3.10. The van der Waals surface area contributed by atoms with E-state index in [1.54, 1.807) is 0 Å². The molecule has 0 saturated heterocycles. The molecule has 0 atom stereocenters. The van der Waals surface area contributed by atoms with Crippen LogP contribution in [0, 0.1) is 6.92 Å².